The number of para-hydroxylation sites is 2. The van der Waals surface area contributed by atoms with E-state index in [0.717, 1.165) is 11.3 Å². The van der Waals surface area contributed by atoms with Crippen LogP contribution in [0.1, 0.15) is 16.1 Å². The number of aryl methyl sites for hydroxylation is 1. The molecule has 0 aliphatic carbocycles. The van der Waals surface area contributed by atoms with E-state index in [2.05, 4.69) is 15.6 Å². The van der Waals surface area contributed by atoms with E-state index < -0.39 is 18.7 Å². The van der Waals surface area contributed by atoms with E-state index in [1.165, 1.54) is 29.1 Å². The van der Waals surface area contributed by atoms with Crippen molar-refractivity contribution in [3.8, 4) is 11.4 Å². The third-order valence-corrected chi connectivity index (χ3v) is 3.55. The van der Waals surface area contributed by atoms with Crippen molar-refractivity contribution in [2.24, 2.45) is 0 Å². The minimum atomic E-state index is -4.48. The Labute approximate surface area is 152 Å². The fourth-order valence-electron chi connectivity index (χ4n) is 2.23. The molecule has 0 atom stereocenters. The number of alkyl halides is 3. The summed E-state index contributed by atoms with van der Waals surface area (Å²) >= 11 is 0. The fraction of sp³-hybridized carbons (Fsp3) is 0.167. The number of aromatic nitrogens is 3. The Hall–Kier alpha value is -3.36. The second kappa shape index (κ2) is 7.48. The highest BCUT2D eigenvalue weighted by Crippen LogP contribution is 2.26. The van der Waals surface area contributed by atoms with Gasteiger partial charge >= 0.3 is 6.18 Å². The molecule has 6 nitrogen and oxygen atoms in total. The molecule has 1 N–H and O–H groups in total. The van der Waals surface area contributed by atoms with Crippen molar-refractivity contribution in [1.82, 2.24) is 15.0 Å². The first-order valence-corrected chi connectivity index (χ1v) is 7.91. The van der Waals surface area contributed by atoms with Crippen LogP contribution in [0.4, 0.5) is 18.9 Å². The number of rotatable bonds is 5. The van der Waals surface area contributed by atoms with Gasteiger partial charge in [0, 0.05) is 0 Å². The van der Waals surface area contributed by atoms with Crippen LogP contribution in [0.25, 0.3) is 5.69 Å². The van der Waals surface area contributed by atoms with E-state index in [1.807, 2.05) is 31.2 Å². The van der Waals surface area contributed by atoms with Crippen molar-refractivity contribution < 1.29 is 22.7 Å². The van der Waals surface area contributed by atoms with Gasteiger partial charge in [0.25, 0.3) is 5.91 Å². The molecule has 27 heavy (non-hydrogen) atoms. The van der Waals surface area contributed by atoms with Gasteiger partial charge in [0.15, 0.2) is 12.3 Å². The van der Waals surface area contributed by atoms with Crippen LogP contribution in [0.15, 0.2) is 54.7 Å². The average Bonchev–Trinajstić information content (AvgIpc) is 3.11. The Morgan fingerprint density at radius 2 is 1.85 bits per heavy atom. The maximum absolute atomic E-state index is 12.4. The molecule has 3 rings (SSSR count). The van der Waals surface area contributed by atoms with Gasteiger partial charge in [-0.25, -0.2) is 4.68 Å². The number of nitrogens with one attached hydrogen (secondary N) is 1. The number of benzene rings is 2. The number of carbonyl (C=O) groups is 1. The van der Waals surface area contributed by atoms with Crippen LogP contribution in [0.2, 0.25) is 0 Å². The second-order valence-corrected chi connectivity index (χ2v) is 5.74. The molecule has 3 aromatic rings. The van der Waals surface area contributed by atoms with Crippen molar-refractivity contribution in [1.29, 1.82) is 0 Å². The number of hydrogen-bond acceptors (Lipinski definition) is 4. The van der Waals surface area contributed by atoms with Crippen LogP contribution >= 0.6 is 0 Å². The van der Waals surface area contributed by atoms with Gasteiger partial charge in [-0.1, -0.05) is 35.0 Å². The van der Waals surface area contributed by atoms with Gasteiger partial charge in [-0.05, 0) is 31.2 Å². The first-order chi connectivity index (χ1) is 12.8. The number of amides is 1. The highest BCUT2D eigenvalue weighted by Gasteiger charge is 2.29. The molecule has 0 fully saturated rings. The third-order valence-electron chi connectivity index (χ3n) is 3.55. The molecule has 0 radical (unpaired) electrons. The van der Waals surface area contributed by atoms with Crippen molar-refractivity contribution in [3.05, 3.63) is 66.0 Å². The smallest absolute Gasteiger partial charge is 0.422 e. The van der Waals surface area contributed by atoms with Gasteiger partial charge < -0.3 is 10.1 Å². The molecule has 0 saturated heterocycles. The second-order valence-electron chi connectivity index (χ2n) is 5.74. The summed E-state index contributed by atoms with van der Waals surface area (Å²) in [6, 6.07) is 13.3. The van der Waals surface area contributed by atoms with Crippen LogP contribution in [-0.4, -0.2) is 33.7 Å². The molecule has 0 unspecified atom stereocenters. The van der Waals surface area contributed by atoms with Gasteiger partial charge in [-0.2, -0.15) is 13.2 Å². The Kier molecular flexibility index (Phi) is 5.11. The molecule has 1 heterocycles. The van der Waals surface area contributed by atoms with Crippen molar-refractivity contribution >= 4 is 11.6 Å². The number of carbonyl (C=O) groups excluding carboxylic acids is 1. The summed E-state index contributed by atoms with van der Waals surface area (Å²) in [5, 5.41) is 10.2. The highest BCUT2D eigenvalue weighted by molar-refractivity contribution is 6.03. The lowest BCUT2D eigenvalue weighted by Gasteiger charge is -2.13. The number of ether oxygens (including phenoxy) is 1. The highest BCUT2D eigenvalue weighted by atomic mass is 19.4. The van der Waals surface area contributed by atoms with E-state index >= 15 is 0 Å². The molecule has 1 aromatic heterocycles. The molecule has 0 aliphatic heterocycles. The predicted octanol–water partition coefficient (Wildman–Crippen LogP) is 3.77. The molecule has 2 aromatic carbocycles. The molecule has 1 amide bonds. The summed E-state index contributed by atoms with van der Waals surface area (Å²) < 4.78 is 43.2. The zero-order valence-corrected chi connectivity index (χ0v) is 14.2. The molecule has 0 saturated carbocycles. The minimum Gasteiger partial charge on any atom is -0.482 e. The lowest BCUT2D eigenvalue weighted by Crippen LogP contribution is -2.20. The number of nitrogens with zero attached hydrogens (tertiary/aromatic N) is 3. The quantitative estimate of drug-likeness (QED) is 0.736. The summed E-state index contributed by atoms with van der Waals surface area (Å²) in [6.45, 7) is 0.492. The van der Waals surface area contributed by atoms with Gasteiger partial charge in [0.1, 0.15) is 5.75 Å². The third kappa shape index (κ3) is 4.84. The van der Waals surface area contributed by atoms with E-state index in [-0.39, 0.29) is 17.1 Å². The normalized spacial score (nSPS) is 11.3. The minimum absolute atomic E-state index is 0.0150. The van der Waals surface area contributed by atoms with E-state index in [1.54, 1.807) is 6.07 Å². The lowest BCUT2D eigenvalue weighted by atomic mass is 10.2. The summed E-state index contributed by atoms with van der Waals surface area (Å²) in [6.07, 6.45) is -3.05. The van der Waals surface area contributed by atoms with Gasteiger partial charge in [-0.15, -0.1) is 5.10 Å². The Morgan fingerprint density at radius 3 is 2.56 bits per heavy atom. The van der Waals surface area contributed by atoms with E-state index in [9.17, 15) is 18.0 Å². The van der Waals surface area contributed by atoms with Gasteiger partial charge in [0.05, 0.1) is 17.6 Å². The molecule has 0 aliphatic rings. The topological polar surface area (TPSA) is 69.0 Å². The van der Waals surface area contributed by atoms with Crippen molar-refractivity contribution in [2.75, 3.05) is 11.9 Å². The summed E-state index contributed by atoms with van der Waals surface area (Å²) in [5.41, 5.74) is 1.92. The Morgan fingerprint density at radius 1 is 1.15 bits per heavy atom. The number of anilines is 1. The number of hydrogen-bond donors (Lipinski definition) is 1. The van der Waals surface area contributed by atoms with E-state index in [4.69, 9.17) is 4.74 Å². The maximum Gasteiger partial charge on any atom is 0.422 e. The zero-order valence-electron chi connectivity index (χ0n) is 14.2. The molecule has 140 valence electrons. The monoisotopic (exact) mass is 376 g/mol. The van der Waals surface area contributed by atoms with Crippen molar-refractivity contribution in [3.63, 3.8) is 0 Å². The van der Waals surface area contributed by atoms with Gasteiger partial charge in [0.2, 0.25) is 0 Å². The summed E-state index contributed by atoms with van der Waals surface area (Å²) in [4.78, 5) is 12.4. The first-order valence-electron chi connectivity index (χ1n) is 7.91. The summed E-state index contributed by atoms with van der Waals surface area (Å²) in [7, 11) is 0. The zero-order chi connectivity index (χ0) is 19.4. The molecular weight excluding hydrogens is 361 g/mol. The summed E-state index contributed by atoms with van der Waals surface area (Å²) in [5.74, 6) is -0.703. The van der Waals surface area contributed by atoms with Crippen molar-refractivity contribution in [2.45, 2.75) is 13.1 Å². The Bertz CT molecular complexity index is 936. The number of halogens is 3. The predicted molar refractivity (Wildman–Crippen MR) is 92.0 cm³/mol. The molecule has 0 spiro atoms. The van der Waals surface area contributed by atoms with Crippen LogP contribution in [0.3, 0.4) is 0 Å². The van der Waals surface area contributed by atoms with Crippen LogP contribution < -0.4 is 10.1 Å². The molecule has 0 bridgehead atoms. The Balaban J connectivity index is 1.74. The molecule has 9 heteroatoms. The fourth-order valence-corrected chi connectivity index (χ4v) is 2.23. The first kappa shape index (κ1) is 18.4. The van der Waals surface area contributed by atoms with Crippen LogP contribution in [-0.2, 0) is 0 Å². The lowest BCUT2D eigenvalue weighted by molar-refractivity contribution is -0.153. The van der Waals surface area contributed by atoms with Crippen LogP contribution in [0.5, 0.6) is 5.75 Å². The largest absolute Gasteiger partial charge is 0.482 e. The average molecular weight is 376 g/mol. The SMILES string of the molecule is Cc1ccc(-n2cc(C(=O)Nc3ccccc3OCC(F)(F)F)nn2)cc1. The van der Waals surface area contributed by atoms with Gasteiger partial charge in [-0.3, -0.25) is 4.79 Å². The maximum atomic E-state index is 12.4. The standard InChI is InChI=1S/C18H15F3N4O2/c1-12-6-8-13(9-7-12)25-10-15(23-24-25)17(26)22-14-4-2-3-5-16(14)27-11-18(19,20)21/h2-10H,11H2,1H3,(H,22,26). The van der Waals surface area contributed by atoms with Crippen LogP contribution in [0, 0.1) is 6.92 Å². The van der Waals surface area contributed by atoms with E-state index in [0.29, 0.717) is 0 Å². The molecular formula is C18H15F3N4O2.